The number of benzene rings is 1. The molecule has 0 fully saturated rings. The third-order valence-corrected chi connectivity index (χ3v) is 3.15. The molecule has 88 valence electrons. The van der Waals surface area contributed by atoms with Gasteiger partial charge in [-0.1, -0.05) is 28.1 Å². The minimum absolute atomic E-state index is 0.545. The van der Waals surface area contributed by atoms with Gasteiger partial charge in [0.1, 0.15) is 0 Å². The molecule has 1 aromatic heterocycles. The van der Waals surface area contributed by atoms with Crippen molar-refractivity contribution >= 4 is 15.9 Å². The number of aromatic nitrogens is 1. The molecular formula is C14H14BrNO. The number of aryl methyl sites for hydroxylation is 1. The Bertz CT molecular complexity index is 496. The zero-order valence-corrected chi connectivity index (χ0v) is 11.2. The molecule has 0 amide bonds. The summed E-state index contributed by atoms with van der Waals surface area (Å²) < 4.78 is 1.05. The molecule has 2 nitrogen and oxygen atoms in total. The molecule has 1 unspecified atom stereocenters. The van der Waals surface area contributed by atoms with Gasteiger partial charge in [-0.25, -0.2) is 0 Å². The van der Waals surface area contributed by atoms with Crippen molar-refractivity contribution < 1.29 is 5.11 Å². The summed E-state index contributed by atoms with van der Waals surface area (Å²) in [5.74, 6) is 0. The summed E-state index contributed by atoms with van der Waals surface area (Å²) in [5.41, 5.74) is 2.95. The Hall–Kier alpha value is -1.19. The Balaban J connectivity index is 2.11. The van der Waals surface area contributed by atoms with Crippen LogP contribution >= 0.6 is 15.9 Å². The van der Waals surface area contributed by atoms with Gasteiger partial charge in [-0.3, -0.25) is 4.98 Å². The zero-order chi connectivity index (χ0) is 12.3. The van der Waals surface area contributed by atoms with E-state index in [1.165, 1.54) is 0 Å². The summed E-state index contributed by atoms with van der Waals surface area (Å²) in [6.07, 6.45) is 1.77. The first-order valence-electron chi connectivity index (χ1n) is 5.50. The van der Waals surface area contributed by atoms with Crippen molar-refractivity contribution in [1.29, 1.82) is 0 Å². The first-order valence-corrected chi connectivity index (χ1v) is 6.29. The molecule has 0 aliphatic heterocycles. The average Bonchev–Trinajstić information content (AvgIpc) is 2.32. The fraction of sp³-hybridized carbons (Fsp3) is 0.214. The van der Waals surface area contributed by atoms with E-state index in [2.05, 4.69) is 20.9 Å². The third-order valence-electron chi connectivity index (χ3n) is 2.62. The Labute approximate surface area is 109 Å². The fourth-order valence-corrected chi connectivity index (χ4v) is 1.95. The van der Waals surface area contributed by atoms with Crippen molar-refractivity contribution in [3.05, 3.63) is 63.9 Å². The van der Waals surface area contributed by atoms with Gasteiger partial charge in [0, 0.05) is 17.1 Å². The van der Waals surface area contributed by atoms with E-state index in [0.29, 0.717) is 6.42 Å². The third kappa shape index (κ3) is 3.38. The molecule has 0 aliphatic carbocycles. The van der Waals surface area contributed by atoms with Crippen LogP contribution in [0.25, 0.3) is 0 Å². The van der Waals surface area contributed by atoms with E-state index >= 15 is 0 Å². The van der Waals surface area contributed by atoms with Gasteiger partial charge < -0.3 is 5.11 Å². The number of rotatable bonds is 3. The highest BCUT2D eigenvalue weighted by Crippen LogP contribution is 2.18. The summed E-state index contributed by atoms with van der Waals surface area (Å²) in [6, 6.07) is 11.8. The summed E-state index contributed by atoms with van der Waals surface area (Å²) in [5, 5.41) is 10.1. The molecule has 0 bridgehead atoms. The highest BCUT2D eigenvalue weighted by atomic mass is 79.9. The first-order chi connectivity index (χ1) is 8.15. The number of aliphatic hydroxyl groups is 1. The van der Waals surface area contributed by atoms with Crippen molar-refractivity contribution in [3.8, 4) is 0 Å². The van der Waals surface area contributed by atoms with Crippen LogP contribution in [0.15, 0.2) is 47.1 Å². The number of hydrogen-bond donors (Lipinski definition) is 1. The van der Waals surface area contributed by atoms with Crippen molar-refractivity contribution in [2.75, 3.05) is 0 Å². The number of aliphatic hydroxyl groups excluding tert-OH is 1. The largest absolute Gasteiger partial charge is 0.386 e. The maximum absolute atomic E-state index is 10.1. The van der Waals surface area contributed by atoms with Gasteiger partial charge in [-0.15, -0.1) is 0 Å². The molecule has 3 heteroatoms. The van der Waals surface area contributed by atoms with Crippen molar-refractivity contribution in [2.45, 2.75) is 19.4 Å². The second-order valence-electron chi connectivity index (χ2n) is 4.10. The van der Waals surface area contributed by atoms with E-state index in [4.69, 9.17) is 0 Å². The van der Waals surface area contributed by atoms with Crippen LogP contribution in [0.5, 0.6) is 0 Å². The van der Waals surface area contributed by atoms with Crippen LogP contribution in [-0.2, 0) is 6.42 Å². The van der Waals surface area contributed by atoms with Crippen molar-refractivity contribution in [3.63, 3.8) is 0 Å². The minimum Gasteiger partial charge on any atom is -0.386 e. The van der Waals surface area contributed by atoms with Gasteiger partial charge in [0.15, 0.2) is 0 Å². The molecule has 0 saturated carbocycles. The molecule has 17 heavy (non-hydrogen) atoms. The van der Waals surface area contributed by atoms with Gasteiger partial charge in [0.05, 0.1) is 11.8 Å². The molecule has 0 saturated heterocycles. The van der Waals surface area contributed by atoms with E-state index in [-0.39, 0.29) is 0 Å². The predicted octanol–water partition coefficient (Wildman–Crippen LogP) is 3.43. The van der Waals surface area contributed by atoms with Crippen LogP contribution in [0.3, 0.4) is 0 Å². The Morgan fingerprint density at radius 3 is 2.59 bits per heavy atom. The molecule has 0 spiro atoms. The van der Waals surface area contributed by atoms with Gasteiger partial charge in [-0.05, 0) is 42.3 Å². The number of hydrogen-bond acceptors (Lipinski definition) is 2. The molecule has 0 radical (unpaired) electrons. The topological polar surface area (TPSA) is 33.1 Å². The van der Waals surface area contributed by atoms with Crippen LogP contribution < -0.4 is 0 Å². The quantitative estimate of drug-likeness (QED) is 0.940. The average molecular weight is 292 g/mol. The van der Waals surface area contributed by atoms with E-state index in [9.17, 15) is 5.11 Å². The number of nitrogens with zero attached hydrogens (tertiary/aromatic N) is 1. The van der Waals surface area contributed by atoms with Crippen molar-refractivity contribution in [1.82, 2.24) is 4.98 Å². The summed E-state index contributed by atoms with van der Waals surface area (Å²) >= 11 is 3.39. The number of halogens is 1. The van der Waals surface area contributed by atoms with Crippen LogP contribution in [0.1, 0.15) is 22.9 Å². The Morgan fingerprint density at radius 2 is 1.94 bits per heavy atom. The Morgan fingerprint density at radius 1 is 1.24 bits per heavy atom. The highest BCUT2D eigenvalue weighted by molar-refractivity contribution is 9.10. The van der Waals surface area contributed by atoms with E-state index in [1.54, 1.807) is 6.20 Å². The molecule has 2 rings (SSSR count). The van der Waals surface area contributed by atoms with Crippen LogP contribution in [0.4, 0.5) is 0 Å². The lowest BCUT2D eigenvalue weighted by Gasteiger charge is -2.10. The summed E-state index contributed by atoms with van der Waals surface area (Å²) in [4.78, 5) is 4.19. The van der Waals surface area contributed by atoms with E-state index in [1.807, 2.05) is 43.3 Å². The predicted molar refractivity (Wildman–Crippen MR) is 71.8 cm³/mol. The Kier molecular flexibility index (Phi) is 3.92. The lowest BCUT2D eigenvalue weighted by atomic mass is 10.0. The van der Waals surface area contributed by atoms with Crippen molar-refractivity contribution in [2.24, 2.45) is 0 Å². The van der Waals surface area contributed by atoms with E-state index in [0.717, 1.165) is 21.3 Å². The lowest BCUT2D eigenvalue weighted by Crippen LogP contribution is -2.04. The smallest absolute Gasteiger partial charge is 0.1000 e. The molecule has 1 aromatic carbocycles. The van der Waals surface area contributed by atoms with Crippen LogP contribution in [0, 0.1) is 6.92 Å². The maximum atomic E-state index is 10.1. The molecule has 1 atom stereocenters. The summed E-state index contributed by atoms with van der Waals surface area (Å²) in [6.45, 7) is 2.00. The van der Waals surface area contributed by atoms with Crippen LogP contribution in [0.2, 0.25) is 0 Å². The SMILES string of the molecule is Cc1ccnc(C(O)Cc2ccc(Br)cc2)c1. The normalized spacial score (nSPS) is 12.4. The maximum Gasteiger partial charge on any atom is 0.1000 e. The summed E-state index contributed by atoms with van der Waals surface area (Å²) in [7, 11) is 0. The fourth-order valence-electron chi connectivity index (χ4n) is 1.69. The molecular weight excluding hydrogens is 278 g/mol. The van der Waals surface area contributed by atoms with Gasteiger partial charge >= 0.3 is 0 Å². The monoisotopic (exact) mass is 291 g/mol. The second-order valence-corrected chi connectivity index (χ2v) is 5.02. The minimum atomic E-state index is -0.545. The zero-order valence-electron chi connectivity index (χ0n) is 9.60. The first kappa shape index (κ1) is 12.3. The molecule has 1 N–H and O–H groups in total. The second kappa shape index (κ2) is 5.43. The standard InChI is InChI=1S/C14H14BrNO/c1-10-6-7-16-13(8-10)14(17)9-11-2-4-12(15)5-3-11/h2-8,14,17H,9H2,1H3. The highest BCUT2D eigenvalue weighted by Gasteiger charge is 2.09. The van der Waals surface area contributed by atoms with Crippen LogP contribution in [-0.4, -0.2) is 10.1 Å². The molecule has 2 aromatic rings. The van der Waals surface area contributed by atoms with Gasteiger partial charge in [0.2, 0.25) is 0 Å². The van der Waals surface area contributed by atoms with Gasteiger partial charge in [0.25, 0.3) is 0 Å². The van der Waals surface area contributed by atoms with Gasteiger partial charge in [-0.2, -0.15) is 0 Å². The molecule has 1 heterocycles. The number of pyridine rings is 1. The van der Waals surface area contributed by atoms with E-state index < -0.39 is 6.10 Å². The lowest BCUT2D eigenvalue weighted by molar-refractivity contribution is 0.173. The molecule has 0 aliphatic rings.